The summed E-state index contributed by atoms with van der Waals surface area (Å²) in [5.74, 6) is 0.104. The van der Waals surface area contributed by atoms with Crippen LogP contribution in [-0.4, -0.2) is 74.9 Å². The second kappa shape index (κ2) is 9.13. The molecule has 3 heterocycles. The first kappa shape index (κ1) is 28.1. The van der Waals surface area contributed by atoms with Crippen molar-refractivity contribution in [2.75, 3.05) is 13.3 Å². The number of alkyl halides is 2. The third-order valence-corrected chi connectivity index (χ3v) is 8.56. The largest absolute Gasteiger partial charge is 0.490 e. The number of nitrogens with one attached hydrogen (secondary N) is 1. The number of imidazole rings is 1. The molecule has 1 aliphatic rings. The smallest absolute Gasteiger partial charge is 0.386 e. The number of nitrogens with zero attached hydrogens (tertiary/aromatic N) is 3. The van der Waals surface area contributed by atoms with Crippen molar-refractivity contribution < 1.29 is 65.0 Å². The number of aliphatic hydroxyl groups is 1. The number of ether oxygens (including phenoxy) is 1. The molecule has 198 valence electrons. The maximum absolute atomic E-state index is 15.6. The first-order chi connectivity index (χ1) is 15.8. The van der Waals surface area contributed by atoms with Crippen LogP contribution in [0.2, 0.25) is 0 Å². The zero-order valence-corrected chi connectivity index (χ0v) is 20.3. The van der Waals surface area contributed by atoms with Gasteiger partial charge in [0.25, 0.3) is 5.56 Å². The highest BCUT2D eigenvalue weighted by atomic mass is 31.3. The Morgan fingerprint density at radius 3 is 2.43 bits per heavy atom. The van der Waals surface area contributed by atoms with Crippen LogP contribution in [0, 0.1) is 6.92 Å². The molecule has 22 heteroatoms. The van der Waals surface area contributed by atoms with Gasteiger partial charge in [-0.15, -0.1) is 0 Å². The zero-order valence-electron chi connectivity index (χ0n) is 17.6. The highest BCUT2D eigenvalue weighted by Gasteiger charge is 2.64. The summed E-state index contributed by atoms with van der Waals surface area (Å²) in [6.07, 6.45) is -3.38. The summed E-state index contributed by atoms with van der Waals surface area (Å²) >= 11 is 0. The van der Waals surface area contributed by atoms with Gasteiger partial charge < -0.3 is 34.4 Å². The normalized spacial score (nSPS) is 30.9. The number of rotatable bonds is 9. The van der Waals surface area contributed by atoms with E-state index in [1.54, 1.807) is 0 Å². The van der Waals surface area contributed by atoms with E-state index >= 15 is 4.39 Å². The standard InChI is InChI=1S/C13H19F2N4O13P3/c1-6-17-8-7(9(20)18-6)16-5-19(8)11-12(2,15)10(21)13(3-14,30-11)4-29-34(25,26)32-35(27,28)31-33(22,23)24/h5,10-11,21H,3-4H2,1-2H3,(H,25,26)(H,27,28)(H,17,18,20)(H2,22,23,24)/t10-,11+,12+,13+/m0/s1. The van der Waals surface area contributed by atoms with Gasteiger partial charge in [0, 0.05) is 0 Å². The Morgan fingerprint density at radius 1 is 1.23 bits per heavy atom. The second-order valence-electron chi connectivity index (χ2n) is 7.56. The minimum atomic E-state index is -5.88. The van der Waals surface area contributed by atoms with Gasteiger partial charge in [-0.05, 0) is 13.8 Å². The first-order valence-electron chi connectivity index (χ1n) is 9.15. The molecule has 35 heavy (non-hydrogen) atoms. The lowest BCUT2D eigenvalue weighted by Crippen LogP contribution is -2.51. The van der Waals surface area contributed by atoms with Gasteiger partial charge in [-0.3, -0.25) is 13.9 Å². The van der Waals surface area contributed by atoms with Crippen LogP contribution in [-0.2, 0) is 31.6 Å². The molecule has 1 saturated heterocycles. The lowest BCUT2D eigenvalue weighted by molar-refractivity contribution is -0.134. The summed E-state index contributed by atoms with van der Waals surface area (Å²) in [5.41, 5.74) is -6.69. The van der Waals surface area contributed by atoms with Crippen molar-refractivity contribution in [3.05, 3.63) is 22.5 Å². The van der Waals surface area contributed by atoms with Gasteiger partial charge in [0.15, 0.2) is 28.7 Å². The number of H-pyrrole nitrogens is 1. The van der Waals surface area contributed by atoms with Gasteiger partial charge >= 0.3 is 23.5 Å². The Labute approximate surface area is 193 Å². The zero-order chi connectivity index (χ0) is 26.6. The van der Waals surface area contributed by atoms with Gasteiger partial charge in [0.1, 0.15) is 18.6 Å². The van der Waals surface area contributed by atoms with Crippen LogP contribution >= 0.6 is 23.5 Å². The van der Waals surface area contributed by atoms with Crippen LogP contribution in [0.15, 0.2) is 11.1 Å². The van der Waals surface area contributed by atoms with E-state index in [1.165, 1.54) is 6.92 Å². The average molecular weight is 570 g/mol. The van der Waals surface area contributed by atoms with Crippen LogP contribution in [0.25, 0.3) is 11.2 Å². The summed E-state index contributed by atoms with van der Waals surface area (Å²) in [5, 5.41) is 10.5. The summed E-state index contributed by atoms with van der Waals surface area (Å²) < 4.78 is 81.4. The van der Waals surface area contributed by atoms with Crippen LogP contribution in [0.5, 0.6) is 0 Å². The quantitative estimate of drug-likeness (QED) is 0.219. The topological polar surface area (TPSA) is 253 Å². The Kier molecular flexibility index (Phi) is 7.34. The van der Waals surface area contributed by atoms with Crippen molar-refractivity contribution in [1.82, 2.24) is 19.5 Å². The molecule has 6 atom stereocenters. The van der Waals surface area contributed by atoms with Crippen LogP contribution in [0.3, 0.4) is 0 Å². The maximum atomic E-state index is 15.6. The van der Waals surface area contributed by atoms with E-state index < -0.39 is 65.9 Å². The number of hydrogen-bond donors (Lipinski definition) is 6. The predicted octanol–water partition coefficient (Wildman–Crippen LogP) is 0.0975. The van der Waals surface area contributed by atoms with E-state index in [0.717, 1.165) is 17.8 Å². The molecule has 1 aliphatic heterocycles. The molecule has 0 aliphatic carbocycles. The molecule has 0 aromatic carbocycles. The minimum Gasteiger partial charge on any atom is -0.386 e. The second-order valence-corrected chi connectivity index (χ2v) is 12.0. The molecule has 0 spiro atoms. The molecule has 0 saturated carbocycles. The number of halogens is 2. The average Bonchev–Trinajstić information content (AvgIpc) is 3.16. The number of fused-ring (bicyclic) bond motifs is 1. The Hall–Kier alpha value is -1.46. The summed E-state index contributed by atoms with van der Waals surface area (Å²) in [6, 6.07) is 0. The van der Waals surface area contributed by atoms with Crippen molar-refractivity contribution in [3.8, 4) is 0 Å². The van der Waals surface area contributed by atoms with Crippen LogP contribution in [0.4, 0.5) is 8.78 Å². The third-order valence-electron chi connectivity index (χ3n) is 4.78. The van der Waals surface area contributed by atoms with Crippen molar-refractivity contribution in [2.24, 2.45) is 0 Å². The van der Waals surface area contributed by atoms with Crippen LogP contribution < -0.4 is 5.56 Å². The molecular formula is C13H19F2N4O13P3. The Morgan fingerprint density at radius 2 is 1.86 bits per heavy atom. The highest BCUT2D eigenvalue weighted by molar-refractivity contribution is 7.66. The fourth-order valence-electron chi connectivity index (χ4n) is 3.34. The van der Waals surface area contributed by atoms with Crippen molar-refractivity contribution in [1.29, 1.82) is 0 Å². The van der Waals surface area contributed by atoms with Crippen molar-refractivity contribution in [3.63, 3.8) is 0 Å². The van der Waals surface area contributed by atoms with E-state index in [4.69, 9.17) is 14.5 Å². The summed E-state index contributed by atoms with van der Waals surface area (Å²) in [7, 11) is -17.3. The van der Waals surface area contributed by atoms with Gasteiger partial charge in [0.05, 0.1) is 12.9 Å². The first-order valence-corrected chi connectivity index (χ1v) is 13.7. The van der Waals surface area contributed by atoms with Crippen LogP contribution in [0.1, 0.15) is 19.0 Å². The SMILES string of the molecule is Cc1nc2c(ncn2[C@@H]2O[C@](CF)(COP(=O)(O)OP(=O)(O)OP(=O)(O)O)[C@@H](O)[C@@]2(C)F)c(=O)[nH]1. The summed E-state index contributed by atoms with van der Waals surface area (Å²) in [4.78, 5) is 58.1. The van der Waals surface area contributed by atoms with Gasteiger partial charge in [0.2, 0.25) is 0 Å². The fourth-order valence-corrected chi connectivity index (χ4v) is 6.41. The van der Waals surface area contributed by atoms with E-state index in [1.807, 2.05) is 0 Å². The molecule has 17 nitrogen and oxygen atoms in total. The Balaban J connectivity index is 1.89. The number of phosphoric acid groups is 3. The molecule has 1 fully saturated rings. The molecule has 6 N–H and O–H groups in total. The van der Waals surface area contributed by atoms with E-state index in [0.29, 0.717) is 0 Å². The number of hydrogen-bond acceptors (Lipinski definition) is 11. The lowest BCUT2D eigenvalue weighted by atomic mass is 9.90. The molecule has 0 bridgehead atoms. The Bertz CT molecular complexity index is 1330. The van der Waals surface area contributed by atoms with Gasteiger partial charge in [-0.2, -0.15) is 8.62 Å². The third kappa shape index (κ3) is 5.77. The maximum Gasteiger partial charge on any atom is 0.490 e. The molecule has 2 aromatic heterocycles. The highest BCUT2D eigenvalue weighted by Crippen LogP contribution is 2.66. The van der Waals surface area contributed by atoms with E-state index in [2.05, 4.69) is 28.1 Å². The lowest BCUT2D eigenvalue weighted by Gasteiger charge is -2.30. The number of aryl methyl sites for hydroxylation is 1. The number of aromatic nitrogens is 4. The van der Waals surface area contributed by atoms with E-state index in [9.17, 15) is 37.8 Å². The monoisotopic (exact) mass is 570 g/mol. The summed E-state index contributed by atoms with van der Waals surface area (Å²) in [6.45, 7) is -1.01. The molecular weight excluding hydrogens is 551 g/mol. The van der Waals surface area contributed by atoms with Crippen molar-refractivity contribution in [2.45, 2.75) is 37.4 Å². The molecule has 0 amide bonds. The van der Waals surface area contributed by atoms with E-state index in [-0.39, 0.29) is 17.0 Å². The van der Waals surface area contributed by atoms with Gasteiger partial charge in [-0.1, -0.05) is 0 Å². The predicted molar refractivity (Wildman–Crippen MR) is 107 cm³/mol. The number of aliphatic hydroxyl groups excluding tert-OH is 1. The number of phosphoric ester groups is 1. The minimum absolute atomic E-state index is 0.104. The van der Waals surface area contributed by atoms with Crippen molar-refractivity contribution >= 4 is 34.6 Å². The fraction of sp³-hybridized carbons (Fsp3) is 0.615. The molecule has 0 radical (unpaired) electrons. The number of aromatic amines is 1. The molecule has 2 aromatic rings. The molecule has 2 unspecified atom stereocenters. The van der Waals surface area contributed by atoms with Gasteiger partial charge in [-0.25, -0.2) is 32.4 Å². The molecule has 3 rings (SSSR count).